The van der Waals surface area contributed by atoms with Gasteiger partial charge in [0.2, 0.25) is 0 Å². The number of thioether (sulfide) groups is 1. The molecule has 0 spiro atoms. The molecule has 18 heavy (non-hydrogen) atoms. The predicted octanol–water partition coefficient (Wildman–Crippen LogP) is 4.02. The molecule has 2 aromatic carbocycles. The summed E-state index contributed by atoms with van der Waals surface area (Å²) in [6.45, 7) is 0. The van der Waals surface area contributed by atoms with Crippen LogP contribution >= 0.6 is 27.7 Å². The Kier molecular flexibility index (Phi) is 4.24. The molecule has 0 saturated heterocycles. The molecular weight excluding hydrogens is 310 g/mol. The lowest BCUT2D eigenvalue weighted by Crippen LogP contribution is -2.12. The highest BCUT2D eigenvalue weighted by molar-refractivity contribution is 9.10. The topological polar surface area (TPSA) is 48.2 Å². The third-order valence-electron chi connectivity index (χ3n) is 2.37. The van der Waals surface area contributed by atoms with E-state index in [9.17, 15) is 0 Å². The van der Waals surface area contributed by atoms with Crippen LogP contribution in [0.3, 0.4) is 0 Å². The molecule has 0 unspecified atom stereocenters. The van der Waals surface area contributed by atoms with Gasteiger partial charge < -0.3 is 0 Å². The van der Waals surface area contributed by atoms with Gasteiger partial charge in [-0.1, -0.05) is 39.8 Å². The van der Waals surface area contributed by atoms with Crippen molar-refractivity contribution in [2.45, 2.75) is 0 Å². The van der Waals surface area contributed by atoms with Crippen LogP contribution in [0.15, 0.2) is 45.9 Å². The van der Waals surface area contributed by atoms with Gasteiger partial charge in [-0.2, -0.15) is 5.26 Å². The van der Waals surface area contributed by atoms with Crippen LogP contribution in [-0.2, 0) is 0 Å². The second-order valence-electron chi connectivity index (χ2n) is 3.53. The summed E-state index contributed by atoms with van der Waals surface area (Å²) >= 11 is 4.85. The number of amidine groups is 1. The van der Waals surface area contributed by atoms with Gasteiger partial charge >= 0.3 is 0 Å². The van der Waals surface area contributed by atoms with Gasteiger partial charge in [0.15, 0.2) is 11.4 Å². The van der Waals surface area contributed by atoms with Crippen molar-refractivity contribution in [3.8, 4) is 6.19 Å². The number of nitriles is 1. The van der Waals surface area contributed by atoms with E-state index in [2.05, 4.69) is 32.3 Å². The zero-order chi connectivity index (χ0) is 13.0. The molecule has 0 fully saturated rings. The maximum atomic E-state index is 8.59. The number of aliphatic imine (C=N–C) groups is 1. The second kappa shape index (κ2) is 5.89. The lowest BCUT2D eigenvalue weighted by atomic mass is 10.1. The number of hydrogen-bond donors (Lipinski definition) is 1. The molecule has 90 valence electrons. The molecule has 0 radical (unpaired) electrons. The zero-order valence-electron chi connectivity index (χ0n) is 9.64. The minimum Gasteiger partial charge on any atom is -0.271 e. The molecule has 0 heterocycles. The van der Waals surface area contributed by atoms with Gasteiger partial charge in [-0.15, -0.1) is 0 Å². The van der Waals surface area contributed by atoms with E-state index in [1.807, 2.05) is 42.8 Å². The number of nitrogens with one attached hydrogen (secondary N) is 1. The molecule has 0 bridgehead atoms. The molecule has 2 aromatic rings. The summed E-state index contributed by atoms with van der Waals surface area (Å²) in [7, 11) is 0. The van der Waals surface area contributed by atoms with Gasteiger partial charge in [0.1, 0.15) is 0 Å². The van der Waals surface area contributed by atoms with Crippen LogP contribution in [0.2, 0.25) is 0 Å². The fourth-order valence-electron chi connectivity index (χ4n) is 1.56. The second-order valence-corrected chi connectivity index (χ2v) is 5.24. The van der Waals surface area contributed by atoms with Crippen molar-refractivity contribution >= 4 is 49.3 Å². The summed E-state index contributed by atoms with van der Waals surface area (Å²) in [6, 6.07) is 12.0. The fourth-order valence-corrected chi connectivity index (χ4v) is 2.29. The molecule has 0 amide bonds. The van der Waals surface area contributed by atoms with Gasteiger partial charge in [0.05, 0.1) is 5.69 Å². The van der Waals surface area contributed by atoms with Crippen LogP contribution in [-0.4, -0.2) is 11.4 Å². The number of benzene rings is 2. The Morgan fingerprint density at radius 2 is 2.00 bits per heavy atom. The van der Waals surface area contributed by atoms with E-state index in [1.165, 1.54) is 11.8 Å². The first-order valence-corrected chi connectivity index (χ1v) is 7.22. The van der Waals surface area contributed by atoms with Crippen LogP contribution in [0, 0.1) is 11.5 Å². The van der Waals surface area contributed by atoms with Crippen molar-refractivity contribution in [1.82, 2.24) is 5.32 Å². The van der Waals surface area contributed by atoms with E-state index in [0.29, 0.717) is 5.17 Å². The van der Waals surface area contributed by atoms with Crippen LogP contribution in [0.25, 0.3) is 10.8 Å². The third kappa shape index (κ3) is 3.03. The largest absolute Gasteiger partial charge is 0.271 e. The number of rotatable bonds is 1. The normalized spacial score (nSPS) is 11.3. The predicted molar refractivity (Wildman–Crippen MR) is 81.0 cm³/mol. The van der Waals surface area contributed by atoms with Gasteiger partial charge in [0, 0.05) is 4.47 Å². The van der Waals surface area contributed by atoms with Gasteiger partial charge in [-0.05, 0) is 41.3 Å². The molecule has 3 nitrogen and oxygen atoms in total. The average molecular weight is 320 g/mol. The highest BCUT2D eigenvalue weighted by Gasteiger charge is 1.99. The molecule has 0 saturated carbocycles. The summed E-state index contributed by atoms with van der Waals surface area (Å²) < 4.78 is 1.06. The Hall–Kier alpha value is -1.51. The summed E-state index contributed by atoms with van der Waals surface area (Å²) in [6.07, 6.45) is 3.75. The Bertz CT molecular complexity index is 646. The van der Waals surface area contributed by atoms with Gasteiger partial charge in [-0.3, -0.25) is 5.32 Å². The highest BCUT2D eigenvalue weighted by atomic mass is 79.9. The number of hydrogen-bond acceptors (Lipinski definition) is 3. The molecule has 1 N–H and O–H groups in total. The third-order valence-corrected chi connectivity index (χ3v) is 3.45. The van der Waals surface area contributed by atoms with Gasteiger partial charge in [-0.25, -0.2) is 4.99 Å². The Morgan fingerprint density at radius 3 is 2.72 bits per heavy atom. The van der Waals surface area contributed by atoms with Crippen molar-refractivity contribution in [3.63, 3.8) is 0 Å². The Balaban J connectivity index is 2.41. The summed E-state index contributed by atoms with van der Waals surface area (Å²) in [4.78, 5) is 4.37. The average Bonchev–Trinajstić information content (AvgIpc) is 2.38. The van der Waals surface area contributed by atoms with E-state index >= 15 is 0 Å². The Morgan fingerprint density at radius 1 is 1.28 bits per heavy atom. The van der Waals surface area contributed by atoms with Gasteiger partial charge in [0.25, 0.3) is 0 Å². The zero-order valence-corrected chi connectivity index (χ0v) is 12.0. The monoisotopic (exact) mass is 319 g/mol. The van der Waals surface area contributed by atoms with Crippen molar-refractivity contribution in [1.29, 1.82) is 5.26 Å². The molecule has 0 aliphatic rings. The van der Waals surface area contributed by atoms with Crippen molar-refractivity contribution in [2.75, 3.05) is 6.26 Å². The SMILES string of the molecule is CSC(=Nc1ccc2cc(Br)ccc2c1)NC#N. The first-order valence-electron chi connectivity index (χ1n) is 5.20. The fraction of sp³-hybridized carbons (Fsp3) is 0.0769. The van der Waals surface area contributed by atoms with Crippen LogP contribution in [0.5, 0.6) is 0 Å². The van der Waals surface area contributed by atoms with E-state index in [-0.39, 0.29) is 0 Å². The van der Waals surface area contributed by atoms with Crippen LogP contribution in [0.1, 0.15) is 0 Å². The lowest BCUT2D eigenvalue weighted by Gasteiger charge is -2.02. The standard InChI is InChI=1S/C13H10BrN3S/c1-18-13(16-8-15)17-12-5-3-9-6-11(14)4-2-10(9)7-12/h2-7H,1H3,(H,16,17). The minimum absolute atomic E-state index is 0.592. The first-order chi connectivity index (χ1) is 8.72. The smallest absolute Gasteiger partial charge is 0.183 e. The number of fused-ring (bicyclic) bond motifs is 1. The minimum atomic E-state index is 0.592. The van der Waals surface area contributed by atoms with Crippen LogP contribution < -0.4 is 5.32 Å². The van der Waals surface area contributed by atoms with Crippen LogP contribution in [0.4, 0.5) is 5.69 Å². The first kappa shape index (κ1) is 12.9. The quantitative estimate of drug-likeness (QED) is 0.374. The highest BCUT2D eigenvalue weighted by Crippen LogP contribution is 2.24. The number of halogens is 1. The van der Waals surface area contributed by atoms with Crippen molar-refractivity contribution in [3.05, 3.63) is 40.9 Å². The summed E-state index contributed by atoms with van der Waals surface area (Å²) in [5, 5.41) is 14.0. The molecule has 2 rings (SSSR count). The maximum absolute atomic E-state index is 8.59. The maximum Gasteiger partial charge on any atom is 0.183 e. The van der Waals surface area contributed by atoms with Crippen molar-refractivity contribution in [2.24, 2.45) is 4.99 Å². The molecule has 0 atom stereocenters. The molecular formula is C13H10BrN3S. The molecule has 0 aliphatic carbocycles. The van der Waals surface area contributed by atoms with E-state index in [0.717, 1.165) is 20.9 Å². The summed E-state index contributed by atoms with van der Waals surface area (Å²) in [5.41, 5.74) is 0.830. The Labute approximate surface area is 118 Å². The van der Waals surface area contributed by atoms with E-state index in [4.69, 9.17) is 5.26 Å². The van der Waals surface area contributed by atoms with Crippen molar-refractivity contribution < 1.29 is 0 Å². The number of nitrogens with zero attached hydrogens (tertiary/aromatic N) is 2. The molecule has 0 aromatic heterocycles. The van der Waals surface area contributed by atoms with E-state index in [1.54, 1.807) is 0 Å². The summed E-state index contributed by atoms with van der Waals surface area (Å²) in [5.74, 6) is 0. The lowest BCUT2D eigenvalue weighted by molar-refractivity contribution is 1.28. The molecule has 0 aliphatic heterocycles. The molecule has 5 heteroatoms. The van der Waals surface area contributed by atoms with E-state index < -0.39 is 0 Å².